The zero-order valence-corrected chi connectivity index (χ0v) is 10.9. The summed E-state index contributed by atoms with van der Waals surface area (Å²) < 4.78 is 0. The molecule has 2 rings (SSSR count). The Morgan fingerprint density at radius 3 is 2.72 bits per heavy atom. The van der Waals surface area contributed by atoms with Crippen LogP contribution in [-0.4, -0.2) is 42.2 Å². The van der Waals surface area contributed by atoms with Gasteiger partial charge in [-0.05, 0) is 43.5 Å². The van der Waals surface area contributed by atoms with E-state index in [1.165, 1.54) is 0 Å². The molecule has 1 fully saturated rings. The molecule has 0 aromatic heterocycles. The predicted molar refractivity (Wildman–Crippen MR) is 71.9 cm³/mol. The van der Waals surface area contributed by atoms with Gasteiger partial charge in [0.05, 0.1) is 6.61 Å². The number of carbonyl (C=O) groups is 1. The van der Waals surface area contributed by atoms with E-state index in [0.29, 0.717) is 18.2 Å². The molecule has 1 amide bonds. The van der Waals surface area contributed by atoms with Crippen molar-refractivity contribution in [1.29, 1.82) is 0 Å². The zero-order chi connectivity index (χ0) is 13.1. The maximum Gasteiger partial charge on any atom is 0.254 e. The van der Waals surface area contributed by atoms with Gasteiger partial charge in [-0.2, -0.15) is 0 Å². The number of hydrogen-bond donors (Lipinski definition) is 2. The Bertz CT molecular complexity index is 441. The standard InChI is InChI=1S/C14H20N2O2/c1-10-9-11(3-6-13(10)15-2)14(18)16(7-8-17)12-4-5-12/h3,6,9,12,15,17H,4-5,7-8H2,1-2H3. The highest BCUT2D eigenvalue weighted by molar-refractivity contribution is 5.95. The SMILES string of the molecule is CNc1ccc(C(=O)N(CCO)C2CC2)cc1C. The number of anilines is 1. The summed E-state index contributed by atoms with van der Waals surface area (Å²) in [5, 5.41) is 12.1. The van der Waals surface area contributed by atoms with Crippen LogP contribution in [0, 0.1) is 6.92 Å². The first-order valence-corrected chi connectivity index (χ1v) is 6.37. The lowest BCUT2D eigenvalue weighted by molar-refractivity contribution is 0.0707. The average Bonchev–Trinajstić information content (AvgIpc) is 3.19. The van der Waals surface area contributed by atoms with Crippen molar-refractivity contribution in [2.24, 2.45) is 0 Å². The van der Waals surface area contributed by atoms with E-state index in [1.807, 2.05) is 32.2 Å². The van der Waals surface area contributed by atoms with Crippen molar-refractivity contribution < 1.29 is 9.90 Å². The lowest BCUT2D eigenvalue weighted by Crippen LogP contribution is -2.35. The van der Waals surface area contributed by atoms with Crippen molar-refractivity contribution in [3.63, 3.8) is 0 Å². The van der Waals surface area contributed by atoms with Gasteiger partial charge in [-0.1, -0.05) is 0 Å². The summed E-state index contributed by atoms with van der Waals surface area (Å²) in [6.45, 7) is 2.43. The van der Waals surface area contributed by atoms with E-state index in [2.05, 4.69) is 5.32 Å². The van der Waals surface area contributed by atoms with Gasteiger partial charge in [-0.25, -0.2) is 0 Å². The van der Waals surface area contributed by atoms with Gasteiger partial charge in [0.2, 0.25) is 0 Å². The maximum absolute atomic E-state index is 12.4. The molecule has 1 aromatic rings. The molecule has 0 bridgehead atoms. The van der Waals surface area contributed by atoms with Crippen molar-refractivity contribution in [2.45, 2.75) is 25.8 Å². The summed E-state index contributed by atoms with van der Waals surface area (Å²) in [6, 6.07) is 6.00. The molecule has 0 spiro atoms. The van der Waals surface area contributed by atoms with Gasteiger partial charge in [0, 0.05) is 30.9 Å². The van der Waals surface area contributed by atoms with Crippen LogP contribution < -0.4 is 5.32 Å². The molecule has 0 radical (unpaired) electrons. The number of hydrogen-bond acceptors (Lipinski definition) is 3. The molecule has 1 saturated carbocycles. The molecule has 0 atom stereocenters. The second-order valence-electron chi connectivity index (χ2n) is 4.73. The van der Waals surface area contributed by atoms with Crippen LogP contribution in [0.2, 0.25) is 0 Å². The number of benzene rings is 1. The van der Waals surface area contributed by atoms with Crippen molar-refractivity contribution in [3.05, 3.63) is 29.3 Å². The fourth-order valence-corrected chi connectivity index (χ4v) is 2.19. The number of rotatable bonds is 5. The molecule has 0 aliphatic heterocycles. The molecular formula is C14H20N2O2. The van der Waals surface area contributed by atoms with E-state index in [9.17, 15) is 4.79 Å². The zero-order valence-electron chi connectivity index (χ0n) is 10.9. The fourth-order valence-electron chi connectivity index (χ4n) is 2.19. The van der Waals surface area contributed by atoms with Crippen molar-refractivity contribution in [1.82, 2.24) is 4.90 Å². The van der Waals surface area contributed by atoms with Crippen LogP contribution >= 0.6 is 0 Å². The summed E-state index contributed by atoms with van der Waals surface area (Å²) in [5.41, 5.74) is 2.79. The Balaban J connectivity index is 2.18. The minimum Gasteiger partial charge on any atom is -0.395 e. The van der Waals surface area contributed by atoms with Crippen molar-refractivity contribution >= 4 is 11.6 Å². The molecule has 1 aliphatic carbocycles. The minimum atomic E-state index is 0.0236. The number of aliphatic hydroxyl groups excluding tert-OH is 1. The summed E-state index contributed by atoms with van der Waals surface area (Å²) in [7, 11) is 1.87. The van der Waals surface area contributed by atoms with Gasteiger partial charge in [0.25, 0.3) is 5.91 Å². The van der Waals surface area contributed by atoms with Crippen molar-refractivity contribution in [3.8, 4) is 0 Å². The summed E-state index contributed by atoms with van der Waals surface area (Å²) >= 11 is 0. The molecule has 4 heteroatoms. The fraction of sp³-hybridized carbons (Fsp3) is 0.500. The molecule has 18 heavy (non-hydrogen) atoms. The molecule has 0 unspecified atom stereocenters. The van der Waals surface area contributed by atoms with E-state index in [4.69, 9.17) is 5.11 Å². The topological polar surface area (TPSA) is 52.6 Å². The summed E-state index contributed by atoms with van der Waals surface area (Å²) in [4.78, 5) is 14.1. The third-order valence-electron chi connectivity index (χ3n) is 3.33. The quantitative estimate of drug-likeness (QED) is 0.832. The molecule has 1 aromatic carbocycles. The Kier molecular flexibility index (Phi) is 3.87. The Morgan fingerprint density at radius 1 is 1.50 bits per heavy atom. The lowest BCUT2D eigenvalue weighted by atomic mass is 10.1. The Labute approximate surface area is 108 Å². The van der Waals surface area contributed by atoms with E-state index in [-0.39, 0.29) is 12.5 Å². The van der Waals surface area contributed by atoms with Gasteiger partial charge in [0.15, 0.2) is 0 Å². The monoisotopic (exact) mass is 248 g/mol. The van der Waals surface area contributed by atoms with Gasteiger partial charge in [-0.3, -0.25) is 4.79 Å². The number of nitrogens with one attached hydrogen (secondary N) is 1. The third-order valence-corrected chi connectivity index (χ3v) is 3.33. The van der Waals surface area contributed by atoms with Crippen LogP contribution in [0.15, 0.2) is 18.2 Å². The first-order valence-electron chi connectivity index (χ1n) is 6.37. The maximum atomic E-state index is 12.4. The smallest absolute Gasteiger partial charge is 0.254 e. The molecule has 0 saturated heterocycles. The van der Waals surface area contributed by atoms with E-state index >= 15 is 0 Å². The number of carbonyl (C=O) groups excluding carboxylic acids is 1. The van der Waals surface area contributed by atoms with Crippen LogP contribution in [0.5, 0.6) is 0 Å². The number of aryl methyl sites for hydroxylation is 1. The van der Waals surface area contributed by atoms with Crippen LogP contribution in [0.1, 0.15) is 28.8 Å². The molecule has 4 nitrogen and oxygen atoms in total. The van der Waals surface area contributed by atoms with Crippen LogP contribution in [0.4, 0.5) is 5.69 Å². The molecule has 2 N–H and O–H groups in total. The minimum absolute atomic E-state index is 0.0236. The van der Waals surface area contributed by atoms with Crippen LogP contribution in [0.3, 0.4) is 0 Å². The van der Waals surface area contributed by atoms with Gasteiger partial charge in [-0.15, -0.1) is 0 Å². The number of aliphatic hydroxyl groups is 1. The highest BCUT2D eigenvalue weighted by Gasteiger charge is 2.32. The lowest BCUT2D eigenvalue weighted by Gasteiger charge is -2.21. The van der Waals surface area contributed by atoms with E-state index in [0.717, 1.165) is 24.1 Å². The Morgan fingerprint density at radius 2 is 2.22 bits per heavy atom. The van der Waals surface area contributed by atoms with E-state index in [1.54, 1.807) is 4.90 Å². The highest BCUT2D eigenvalue weighted by atomic mass is 16.3. The van der Waals surface area contributed by atoms with Crippen LogP contribution in [-0.2, 0) is 0 Å². The largest absolute Gasteiger partial charge is 0.395 e. The van der Waals surface area contributed by atoms with E-state index < -0.39 is 0 Å². The average molecular weight is 248 g/mol. The highest BCUT2D eigenvalue weighted by Crippen LogP contribution is 2.28. The van der Waals surface area contributed by atoms with Gasteiger partial charge < -0.3 is 15.3 Å². The first-order chi connectivity index (χ1) is 8.67. The molecular weight excluding hydrogens is 228 g/mol. The van der Waals surface area contributed by atoms with Crippen molar-refractivity contribution in [2.75, 3.05) is 25.5 Å². The van der Waals surface area contributed by atoms with Gasteiger partial charge >= 0.3 is 0 Å². The number of amides is 1. The normalized spacial score (nSPS) is 14.4. The second kappa shape index (κ2) is 5.40. The molecule has 1 aliphatic rings. The first kappa shape index (κ1) is 12.9. The van der Waals surface area contributed by atoms with Crippen LogP contribution in [0.25, 0.3) is 0 Å². The summed E-state index contributed by atoms with van der Waals surface area (Å²) in [5.74, 6) is 0.0253. The molecule has 98 valence electrons. The predicted octanol–water partition coefficient (Wildman–Crippen LogP) is 1.63. The molecule has 0 heterocycles. The second-order valence-corrected chi connectivity index (χ2v) is 4.73. The number of nitrogens with zero attached hydrogens (tertiary/aromatic N) is 1. The summed E-state index contributed by atoms with van der Waals surface area (Å²) in [6.07, 6.45) is 2.11. The Hall–Kier alpha value is -1.55. The third kappa shape index (κ3) is 2.64. The van der Waals surface area contributed by atoms with Gasteiger partial charge in [0.1, 0.15) is 0 Å².